The Morgan fingerprint density at radius 1 is 1.03 bits per heavy atom. The predicted octanol–water partition coefficient (Wildman–Crippen LogP) is 6.07. The number of rotatable bonds is 6. The third-order valence-corrected chi connectivity index (χ3v) is 4.95. The van der Waals surface area contributed by atoms with Crippen LogP contribution in [0.3, 0.4) is 0 Å². The van der Waals surface area contributed by atoms with Crippen molar-refractivity contribution in [1.82, 2.24) is 0 Å². The number of carbonyl (C=O) groups is 1. The van der Waals surface area contributed by atoms with Crippen molar-refractivity contribution in [3.63, 3.8) is 0 Å². The third kappa shape index (κ3) is 6.34. The minimum atomic E-state index is -0.447. The topological polar surface area (TPSA) is 62.1 Å². The first-order chi connectivity index (χ1) is 14.0. The van der Waals surface area contributed by atoms with E-state index in [-0.39, 0.29) is 5.57 Å². The lowest BCUT2D eigenvalue weighted by molar-refractivity contribution is -0.112. The summed E-state index contributed by atoms with van der Waals surface area (Å²) in [5.74, 6) is 0.246. The number of hydrogen-bond donors (Lipinski definition) is 1. The van der Waals surface area contributed by atoms with E-state index in [1.54, 1.807) is 42.5 Å². The number of benzene rings is 3. The molecule has 0 fully saturated rings. The molecule has 0 unspecified atom stereocenters. The van der Waals surface area contributed by atoms with Crippen molar-refractivity contribution in [2.75, 3.05) is 5.32 Å². The summed E-state index contributed by atoms with van der Waals surface area (Å²) in [6.07, 6.45) is 1.55. The smallest absolute Gasteiger partial charge is 0.266 e. The monoisotopic (exact) mass is 514 g/mol. The van der Waals surface area contributed by atoms with Crippen LogP contribution in [-0.4, -0.2) is 5.91 Å². The van der Waals surface area contributed by atoms with E-state index in [4.69, 9.17) is 16.3 Å². The Labute approximate surface area is 187 Å². The van der Waals surface area contributed by atoms with E-state index in [1.807, 2.05) is 42.5 Å². The van der Waals surface area contributed by atoms with Gasteiger partial charge in [0, 0.05) is 14.3 Å². The second-order valence-electron chi connectivity index (χ2n) is 6.12. The fourth-order valence-corrected chi connectivity index (χ4v) is 2.94. The van der Waals surface area contributed by atoms with Crippen LogP contribution in [0.2, 0.25) is 5.02 Å². The van der Waals surface area contributed by atoms with Gasteiger partial charge in [-0.3, -0.25) is 4.79 Å². The number of carbonyl (C=O) groups excluding carboxylic acids is 1. The molecule has 0 aliphatic rings. The number of halogens is 2. The Hall–Kier alpha value is -2.82. The van der Waals surface area contributed by atoms with Gasteiger partial charge in [-0.05, 0) is 88.3 Å². The fraction of sp³-hybridized carbons (Fsp3) is 0.0435. The number of nitriles is 1. The van der Waals surface area contributed by atoms with Crippen molar-refractivity contribution in [2.24, 2.45) is 0 Å². The first-order valence-corrected chi connectivity index (χ1v) is 10.2. The zero-order valence-corrected chi connectivity index (χ0v) is 18.1. The van der Waals surface area contributed by atoms with Crippen LogP contribution in [0.15, 0.2) is 78.4 Å². The normalized spacial score (nSPS) is 10.9. The van der Waals surface area contributed by atoms with Crippen LogP contribution in [0.4, 0.5) is 5.69 Å². The van der Waals surface area contributed by atoms with Crippen molar-refractivity contribution in [3.05, 3.63) is 98.1 Å². The van der Waals surface area contributed by atoms with Crippen molar-refractivity contribution in [2.45, 2.75) is 6.61 Å². The van der Waals surface area contributed by atoms with Gasteiger partial charge in [0.25, 0.3) is 5.91 Å². The Bertz CT molecular complexity index is 1050. The first-order valence-electron chi connectivity index (χ1n) is 8.69. The van der Waals surface area contributed by atoms with Gasteiger partial charge in [0.05, 0.1) is 0 Å². The zero-order chi connectivity index (χ0) is 20.6. The highest BCUT2D eigenvalue weighted by molar-refractivity contribution is 14.1. The van der Waals surface area contributed by atoms with Gasteiger partial charge in [0.2, 0.25) is 0 Å². The number of anilines is 1. The largest absolute Gasteiger partial charge is 0.489 e. The van der Waals surface area contributed by atoms with Gasteiger partial charge in [-0.2, -0.15) is 5.26 Å². The van der Waals surface area contributed by atoms with Crippen molar-refractivity contribution >= 4 is 51.9 Å². The molecule has 0 aliphatic carbocycles. The average Bonchev–Trinajstić information content (AvgIpc) is 2.74. The van der Waals surface area contributed by atoms with Crippen molar-refractivity contribution in [3.8, 4) is 11.8 Å². The molecule has 29 heavy (non-hydrogen) atoms. The molecule has 0 aromatic heterocycles. The average molecular weight is 515 g/mol. The van der Waals surface area contributed by atoms with Gasteiger partial charge in [-0.15, -0.1) is 0 Å². The molecule has 0 heterocycles. The second kappa shape index (κ2) is 10.1. The molecule has 0 bridgehead atoms. The van der Waals surface area contributed by atoms with E-state index in [0.717, 1.165) is 14.7 Å². The van der Waals surface area contributed by atoms with E-state index in [0.29, 0.717) is 23.1 Å². The molecule has 3 aromatic carbocycles. The first kappa shape index (κ1) is 20.9. The van der Waals surface area contributed by atoms with Crippen LogP contribution in [0, 0.1) is 14.9 Å². The maximum Gasteiger partial charge on any atom is 0.266 e. The van der Waals surface area contributed by atoms with Gasteiger partial charge in [-0.25, -0.2) is 0 Å². The molecular weight excluding hydrogens is 499 g/mol. The van der Waals surface area contributed by atoms with Gasteiger partial charge >= 0.3 is 0 Å². The van der Waals surface area contributed by atoms with E-state index < -0.39 is 5.91 Å². The molecule has 0 aliphatic heterocycles. The van der Waals surface area contributed by atoms with Gasteiger partial charge in [-0.1, -0.05) is 35.9 Å². The highest BCUT2D eigenvalue weighted by atomic mass is 127. The Balaban J connectivity index is 1.63. The van der Waals surface area contributed by atoms with E-state index >= 15 is 0 Å². The number of ether oxygens (including phenoxy) is 1. The third-order valence-electron chi connectivity index (χ3n) is 3.98. The van der Waals surface area contributed by atoms with E-state index in [1.165, 1.54) is 0 Å². The molecule has 3 aromatic rings. The molecule has 6 heteroatoms. The quantitative estimate of drug-likeness (QED) is 0.247. The van der Waals surface area contributed by atoms with E-state index in [2.05, 4.69) is 27.9 Å². The summed E-state index contributed by atoms with van der Waals surface area (Å²) in [7, 11) is 0. The summed E-state index contributed by atoms with van der Waals surface area (Å²) in [5.41, 5.74) is 2.41. The Morgan fingerprint density at radius 2 is 1.69 bits per heavy atom. The molecule has 0 radical (unpaired) electrons. The molecule has 4 nitrogen and oxygen atoms in total. The number of nitrogens with one attached hydrogen (secondary N) is 1. The van der Waals surface area contributed by atoms with Crippen LogP contribution in [-0.2, 0) is 11.4 Å². The molecule has 144 valence electrons. The van der Waals surface area contributed by atoms with Crippen molar-refractivity contribution < 1.29 is 9.53 Å². The molecule has 3 rings (SSSR count). The maximum absolute atomic E-state index is 12.3. The molecule has 0 spiro atoms. The van der Waals surface area contributed by atoms with Crippen molar-refractivity contribution in [1.29, 1.82) is 5.26 Å². The molecule has 0 saturated heterocycles. The summed E-state index contributed by atoms with van der Waals surface area (Å²) in [5, 5.41) is 12.8. The number of nitrogens with zero attached hydrogens (tertiary/aromatic N) is 1. The molecule has 1 N–H and O–H groups in total. The second-order valence-corrected chi connectivity index (χ2v) is 7.80. The van der Waals surface area contributed by atoms with Crippen LogP contribution >= 0.6 is 34.2 Å². The molecule has 0 saturated carbocycles. The van der Waals surface area contributed by atoms with Crippen LogP contribution in [0.1, 0.15) is 11.1 Å². The highest BCUT2D eigenvalue weighted by Gasteiger charge is 2.09. The summed E-state index contributed by atoms with van der Waals surface area (Å²) in [4.78, 5) is 12.3. The van der Waals surface area contributed by atoms with Gasteiger partial charge in [0.1, 0.15) is 24.0 Å². The Morgan fingerprint density at radius 3 is 2.31 bits per heavy atom. The molecule has 1 amide bonds. The highest BCUT2D eigenvalue weighted by Crippen LogP contribution is 2.18. The van der Waals surface area contributed by atoms with Crippen LogP contribution in [0.5, 0.6) is 5.75 Å². The minimum Gasteiger partial charge on any atom is -0.489 e. The lowest BCUT2D eigenvalue weighted by Gasteiger charge is -2.07. The summed E-state index contributed by atoms with van der Waals surface area (Å²) >= 11 is 8.06. The minimum absolute atomic E-state index is 0.0263. The Kier molecular flexibility index (Phi) is 7.28. The van der Waals surface area contributed by atoms with E-state index in [9.17, 15) is 10.1 Å². The summed E-state index contributed by atoms with van der Waals surface area (Å²) in [6, 6.07) is 24.0. The molecule has 0 atom stereocenters. The van der Waals surface area contributed by atoms with Crippen LogP contribution in [0.25, 0.3) is 6.08 Å². The zero-order valence-electron chi connectivity index (χ0n) is 15.2. The lowest BCUT2D eigenvalue weighted by atomic mass is 10.1. The maximum atomic E-state index is 12.3. The van der Waals surface area contributed by atoms with Gasteiger partial charge in [0.15, 0.2) is 0 Å². The fourth-order valence-electron chi connectivity index (χ4n) is 2.45. The SMILES string of the molecule is N#C/C(=C\c1ccc(OCc2ccc(Cl)cc2)cc1)C(=O)Nc1ccc(I)cc1. The van der Waals surface area contributed by atoms with Gasteiger partial charge < -0.3 is 10.1 Å². The summed E-state index contributed by atoms with van der Waals surface area (Å²) in [6.45, 7) is 0.425. The standard InChI is InChI=1S/C23H16ClIN2O2/c24-19-5-1-17(2-6-19)15-29-22-11-3-16(4-12-22)13-18(14-26)23(28)27-21-9-7-20(25)8-10-21/h1-13H,15H2,(H,27,28)/b18-13+. The predicted molar refractivity (Wildman–Crippen MR) is 124 cm³/mol. The molecular formula is C23H16ClIN2O2. The lowest BCUT2D eigenvalue weighted by Crippen LogP contribution is -2.13. The summed E-state index contributed by atoms with van der Waals surface area (Å²) < 4.78 is 6.81. The number of hydrogen-bond acceptors (Lipinski definition) is 3. The number of amides is 1. The van der Waals surface area contributed by atoms with Crippen LogP contribution < -0.4 is 10.1 Å².